The zero-order valence-corrected chi connectivity index (χ0v) is 14.6. The molecule has 1 aliphatic heterocycles. The molecule has 0 aromatic heterocycles. The Bertz CT molecular complexity index is 376. The van der Waals surface area contributed by atoms with Crippen molar-refractivity contribution in [2.24, 2.45) is 22.5 Å². The first kappa shape index (κ1) is 15.8. The smallest absolute Gasteiger partial charge is 0.0685 e. The molecular weight excluding hydrogens is 258 g/mol. The molecule has 3 fully saturated rings. The minimum absolute atomic E-state index is 0.0185. The fraction of sp³-hybridized carbons (Fsp3) is 1.00. The van der Waals surface area contributed by atoms with Crippen LogP contribution in [0.2, 0.25) is 0 Å². The Morgan fingerprint density at radius 2 is 1.48 bits per heavy atom. The molecule has 2 nitrogen and oxygen atoms in total. The van der Waals surface area contributed by atoms with Gasteiger partial charge in [-0.05, 0) is 61.7 Å². The first-order valence-corrected chi connectivity index (χ1v) is 9.07. The molecule has 0 aromatic rings. The van der Waals surface area contributed by atoms with Crippen LogP contribution in [0, 0.1) is 16.7 Å². The SMILES string of the molecule is CC1(C)CC(C)(C)CC(N)(C2CCOC3(CCCC3)C2)C1. The average molecular weight is 293 g/mol. The van der Waals surface area contributed by atoms with E-state index in [1.165, 1.54) is 57.8 Å². The van der Waals surface area contributed by atoms with Crippen LogP contribution in [0.25, 0.3) is 0 Å². The third-order valence-corrected chi connectivity index (χ3v) is 6.39. The van der Waals surface area contributed by atoms with Crippen LogP contribution in [0.15, 0.2) is 0 Å². The van der Waals surface area contributed by atoms with E-state index >= 15 is 0 Å². The number of rotatable bonds is 1. The molecule has 0 bridgehead atoms. The third kappa shape index (κ3) is 3.17. The summed E-state index contributed by atoms with van der Waals surface area (Å²) in [7, 11) is 0. The zero-order chi connectivity index (χ0) is 15.4. The predicted molar refractivity (Wildman–Crippen MR) is 88.2 cm³/mol. The van der Waals surface area contributed by atoms with Crippen molar-refractivity contribution in [3.8, 4) is 0 Å². The van der Waals surface area contributed by atoms with Crippen LogP contribution in [0.3, 0.4) is 0 Å². The molecule has 1 heterocycles. The van der Waals surface area contributed by atoms with Crippen LogP contribution in [0.1, 0.15) is 85.5 Å². The summed E-state index contributed by atoms with van der Waals surface area (Å²) in [6.07, 6.45) is 11.3. The molecular formula is C19H35NO. The second-order valence-electron chi connectivity index (χ2n) is 10.0. The van der Waals surface area contributed by atoms with Gasteiger partial charge in [0.2, 0.25) is 0 Å². The van der Waals surface area contributed by atoms with Crippen molar-refractivity contribution in [1.82, 2.24) is 0 Å². The molecule has 2 saturated carbocycles. The van der Waals surface area contributed by atoms with Crippen molar-refractivity contribution in [2.75, 3.05) is 6.61 Å². The van der Waals surface area contributed by atoms with Crippen LogP contribution in [0.4, 0.5) is 0 Å². The van der Waals surface area contributed by atoms with Gasteiger partial charge in [-0.3, -0.25) is 0 Å². The molecule has 0 aromatic carbocycles. The van der Waals surface area contributed by atoms with Gasteiger partial charge in [-0.25, -0.2) is 0 Å². The Morgan fingerprint density at radius 3 is 2.05 bits per heavy atom. The number of hydrogen-bond donors (Lipinski definition) is 1. The highest BCUT2D eigenvalue weighted by Crippen LogP contribution is 2.55. The summed E-state index contributed by atoms with van der Waals surface area (Å²) in [5.41, 5.74) is 8.04. The van der Waals surface area contributed by atoms with Crippen LogP contribution in [-0.4, -0.2) is 17.7 Å². The monoisotopic (exact) mass is 293 g/mol. The van der Waals surface area contributed by atoms with Gasteiger partial charge >= 0.3 is 0 Å². The molecule has 3 aliphatic rings. The Kier molecular flexibility index (Phi) is 3.73. The Morgan fingerprint density at radius 1 is 0.905 bits per heavy atom. The number of nitrogens with two attached hydrogens (primary N) is 1. The molecule has 2 N–H and O–H groups in total. The van der Waals surface area contributed by atoms with Crippen molar-refractivity contribution in [2.45, 2.75) is 96.6 Å². The molecule has 2 heteroatoms. The summed E-state index contributed by atoms with van der Waals surface area (Å²) in [6, 6.07) is 0. The van der Waals surface area contributed by atoms with Crippen LogP contribution < -0.4 is 5.73 Å². The van der Waals surface area contributed by atoms with Crippen molar-refractivity contribution < 1.29 is 4.74 Å². The lowest BCUT2D eigenvalue weighted by atomic mass is 9.54. The van der Waals surface area contributed by atoms with E-state index in [-0.39, 0.29) is 11.1 Å². The molecule has 21 heavy (non-hydrogen) atoms. The quantitative estimate of drug-likeness (QED) is 0.763. The molecule has 1 saturated heterocycles. The van der Waals surface area contributed by atoms with Gasteiger partial charge in [0.1, 0.15) is 0 Å². The van der Waals surface area contributed by atoms with Crippen molar-refractivity contribution in [3.05, 3.63) is 0 Å². The van der Waals surface area contributed by atoms with Crippen molar-refractivity contribution >= 4 is 0 Å². The first-order chi connectivity index (χ1) is 9.64. The highest BCUT2D eigenvalue weighted by Gasteiger charge is 2.52. The summed E-state index contributed by atoms with van der Waals surface area (Å²) in [5, 5.41) is 0. The molecule has 0 radical (unpaired) electrons. The van der Waals surface area contributed by atoms with E-state index in [2.05, 4.69) is 27.7 Å². The lowest BCUT2D eigenvalue weighted by Gasteiger charge is -2.56. The summed E-state index contributed by atoms with van der Waals surface area (Å²) in [4.78, 5) is 0. The second-order valence-corrected chi connectivity index (χ2v) is 10.0. The number of hydrogen-bond acceptors (Lipinski definition) is 2. The lowest BCUT2D eigenvalue weighted by molar-refractivity contribution is -0.118. The van der Waals surface area contributed by atoms with Crippen molar-refractivity contribution in [1.29, 1.82) is 0 Å². The minimum Gasteiger partial charge on any atom is -0.375 e. The third-order valence-electron chi connectivity index (χ3n) is 6.39. The predicted octanol–water partition coefficient (Wildman–Crippen LogP) is 4.66. The fourth-order valence-corrected chi connectivity index (χ4v) is 6.44. The molecule has 0 amide bonds. The number of ether oxygens (including phenoxy) is 1. The normalized spacial score (nSPS) is 36.7. The first-order valence-electron chi connectivity index (χ1n) is 9.07. The Balaban J connectivity index is 1.80. The molecule has 3 rings (SSSR count). The second kappa shape index (κ2) is 4.96. The molecule has 1 unspecified atom stereocenters. The molecule has 1 spiro atoms. The van der Waals surface area contributed by atoms with Gasteiger partial charge in [0, 0.05) is 12.1 Å². The van der Waals surface area contributed by atoms with Gasteiger partial charge in [0.05, 0.1) is 5.60 Å². The summed E-state index contributed by atoms with van der Waals surface area (Å²) in [5.74, 6) is 0.656. The Labute approximate surface area is 131 Å². The van der Waals surface area contributed by atoms with Crippen molar-refractivity contribution in [3.63, 3.8) is 0 Å². The fourth-order valence-electron chi connectivity index (χ4n) is 6.44. The van der Waals surface area contributed by atoms with E-state index in [0.717, 1.165) is 6.61 Å². The van der Waals surface area contributed by atoms with Crippen LogP contribution in [-0.2, 0) is 4.74 Å². The summed E-state index contributed by atoms with van der Waals surface area (Å²) in [6.45, 7) is 10.6. The van der Waals surface area contributed by atoms with Gasteiger partial charge < -0.3 is 10.5 Å². The molecule has 1 atom stereocenters. The van der Waals surface area contributed by atoms with E-state index in [4.69, 9.17) is 10.5 Å². The van der Waals surface area contributed by atoms with Crippen LogP contribution >= 0.6 is 0 Å². The largest absolute Gasteiger partial charge is 0.375 e. The summed E-state index contributed by atoms with van der Waals surface area (Å²) >= 11 is 0. The maximum atomic E-state index is 7.08. The maximum Gasteiger partial charge on any atom is 0.0685 e. The van der Waals surface area contributed by atoms with Gasteiger partial charge in [0.15, 0.2) is 0 Å². The van der Waals surface area contributed by atoms with E-state index in [1.807, 2.05) is 0 Å². The average Bonchev–Trinajstić information content (AvgIpc) is 2.72. The topological polar surface area (TPSA) is 35.2 Å². The minimum atomic E-state index is 0.0185. The highest BCUT2D eigenvalue weighted by atomic mass is 16.5. The van der Waals surface area contributed by atoms with Gasteiger partial charge in [-0.2, -0.15) is 0 Å². The lowest BCUT2D eigenvalue weighted by Crippen LogP contribution is -2.59. The van der Waals surface area contributed by atoms with E-state index in [1.54, 1.807) is 0 Å². The highest BCUT2D eigenvalue weighted by molar-refractivity contribution is 5.07. The molecule has 2 aliphatic carbocycles. The Hall–Kier alpha value is -0.0800. The summed E-state index contributed by atoms with van der Waals surface area (Å²) < 4.78 is 6.24. The van der Waals surface area contributed by atoms with Gasteiger partial charge in [-0.1, -0.05) is 40.5 Å². The standard InChI is InChI=1S/C19H35NO/c1-16(2)12-17(3,4)14-19(20,13-16)15-7-10-21-18(11-15)8-5-6-9-18/h15H,5-14,20H2,1-4H3. The van der Waals surface area contributed by atoms with Gasteiger partial charge in [-0.15, -0.1) is 0 Å². The zero-order valence-electron chi connectivity index (χ0n) is 14.6. The van der Waals surface area contributed by atoms with E-state index in [0.29, 0.717) is 16.7 Å². The van der Waals surface area contributed by atoms with Crippen LogP contribution in [0.5, 0.6) is 0 Å². The van der Waals surface area contributed by atoms with E-state index < -0.39 is 0 Å². The van der Waals surface area contributed by atoms with Gasteiger partial charge in [0.25, 0.3) is 0 Å². The maximum absolute atomic E-state index is 7.08. The molecule has 122 valence electrons. The van der Waals surface area contributed by atoms with E-state index in [9.17, 15) is 0 Å².